The normalized spacial score (nSPS) is 22.3. The number of esters is 1. The van der Waals surface area contributed by atoms with E-state index in [-0.39, 0.29) is 24.3 Å². The van der Waals surface area contributed by atoms with E-state index in [9.17, 15) is 18.0 Å². The third-order valence-corrected chi connectivity index (χ3v) is 4.28. The highest BCUT2D eigenvalue weighted by atomic mass is 32.2. The molecular formula is C9H14O6S. The smallest absolute Gasteiger partial charge is 0.345 e. The maximum atomic E-state index is 11.2. The van der Waals surface area contributed by atoms with Crippen LogP contribution in [0.1, 0.15) is 19.8 Å². The van der Waals surface area contributed by atoms with Crippen LogP contribution in [0.5, 0.6) is 0 Å². The molecule has 1 heterocycles. The summed E-state index contributed by atoms with van der Waals surface area (Å²) in [7, 11) is -3.04. The first-order valence-corrected chi connectivity index (χ1v) is 6.74. The first kappa shape index (κ1) is 13.0. The van der Waals surface area contributed by atoms with Crippen LogP contribution in [-0.2, 0) is 24.2 Å². The lowest BCUT2D eigenvalue weighted by molar-refractivity contribution is -0.166. The predicted octanol–water partition coefficient (Wildman–Crippen LogP) is -0.173. The molecule has 0 amide bonds. The Bertz CT molecular complexity index is 371. The minimum atomic E-state index is -3.04. The summed E-state index contributed by atoms with van der Waals surface area (Å²) in [5.74, 6) is -2.38. The zero-order valence-electron chi connectivity index (χ0n) is 8.88. The molecule has 0 aromatic carbocycles. The van der Waals surface area contributed by atoms with Gasteiger partial charge in [-0.05, 0) is 12.8 Å². The zero-order chi connectivity index (χ0) is 12.3. The van der Waals surface area contributed by atoms with Crippen LogP contribution in [0, 0.1) is 5.92 Å². The van der Waals surface area contributed by atoms with Gasteiger partial charge in [0.1, 0.15) is 9.84 Å². The van der Waals surface area contributed by atoms with E-state index in [2.05, 4.69) is 4.74 Å². The van der Waals surface area contributed by atoms with Crippen molar-refractivity contribution in [1.29, 1.82) is 0 Å². The van der Waals surface area contributed by atoms with Crippen LogP contribution in [0.25, 0.3) is 0 Å². The van der Waals surface area contributed by atoms with Crippen LogP contribution in [-0.4, -0.2) is 43.1 Å². The van der Waals surface area contributed by atoms with E-state index in [1.807, 2.05) is 0 Å². The number of carbonyl (C=O) groups is 2. The van der Waals surface area contributed by atoms with Gasteiger partial charge in [-0.3, -0.25) is 4.79 Å². The molecule has 0 aliphatic carbocycles. The first-order chi connectivity index (χ1) is 7.32. The Labute approximate surface area is 93.5 Å². The van der Waals surface area contributed by atoms with E-state index in [1.165, 1.54) is 0 Å². The van der Waals surface area contributed by atoms with Gasteiger partial charge in [0.15, 0.2) is 0 Å². The van der Waals surface area contributed by atoms with E-state index in [1.54, 1.807) is 0 Å². The highest BCUT2D eigenvalue weighted by Crippen LogP contribution is 2.24. The van der Waals surface area contributed by atoms with E-state index >= 15 is 0 Å². The lowest BCUT2D eigenvalue weighted by Crippen LogP contribution is -2.38. The van der Waals surface area contributed by atoms with Gasteiger partial charge >= 0.3 is 11.9 Å². The van der Waals surface area contributed by atoms with Gasteiger partial charge in [0, 0.05) is 12.8 Å². The first-order valence-electron chi connectivity index (χ1n) is 4.92. The Morgan fingerprint density at radius 1 is 1.31 bits per heavy atom. The van der Waals surface area contributed by atoms with Gasteiger partial charge in [-0.25, -0.2) is 13.2 Å². The van der Waals surface area contributed by atoms with Crippen molar-refractivity contribution in [2.24, 2.45) is 5.92 Å². The van der Waals surface area contributed by atoms with E-state index in [0.29, 0.717) is 0 Å². The molecule has 0 saturated carbocycles. The molecule has 1 N–H and O–H groups in total. The second-order valence-electron chi connectivity index (χ2n) is 3.86. The van der Waals surface area contributed by atoms with Crippen molar-refractivity contribution in [2.45, 2.75) is 25.9 Å². The van der Waals surface area contributed by atoms with E-state index in [0.717, 1.165) is 6.92 Å². The Morgan fingerprint density at radius 3 is 2.19 bits per heavy atom. The zero-order valence-corrected chi connectivity index (χ0v) is 9.70. The van der Waals surface area contributed by atoms with Crippen molar-refractivity contribution >= 4 is 21.8 Å². The molecule has 7 heteroatoms. The van der Waals surface area contributed by atoms with Crippen LogP contribution in [0.2, 0.25) is 0 Å². The Kier molecular flexibility index (Phi) is 3.90. The SMILES string of the molecule is CC(=O)OC(C(=O)O)C1CCS(=O)(=O)CC1. The van der Waals surface area contributed by atoms with Crippen LogP contribution >= 0.6 is 0 Å². The molecule has 0 aromatic heterocycles. The Hall–Kier alpha value is -1.11. The molecule has 1 rings (SSSR count). The fraction of sp³-hybridized carbons (Fsp3) is 0.778. The van der Waals surface area contributed by atoms with Gasteiger partial charge in [-0.1, -0.05) is 0 Å². The van der Waals surface area contributed by atoms with Gasteiger partial charge < -0.3 is 9.84 Å². The average molecular weight is 250 g/mol. The van der Waals surface area contributed by atoms with Crippen LogP contribution in [0.15, 0.2) is 0 Å². The molecule has 1 unspecified atom stereocenters. The summed E-state index contributed by atoms with van der Waals surface area (Å²) in [4.78, 5) is 21.6. The number of hydrogen-bond donors (Lipinski definition) is 1. The molecule has 16 heavy (non-hydrogen) atoms. The molecule has 0 radical (unpaired) electrons. The van der Waals surface area contributed by atoms with Crippen LogP contribution in [0.3, 0.4) is 0 Å². The molecule has 6 nitrogen and oxygen atoms in total. The average Bonchev–Trinajstić information content (AvgIpc) is 2.14. The van der Waals surface area contributed by atoms with Gasteiger partial charge in [-0.2, -0.15) is 0 Å². The number of hydrogen-bond acceptors (Lipinski definition) is 5. The van der Waals surface area contributed by atoms with Gasteiger partial charge in [0.05, 0.1) is 11.5 Å². The molecular weight excluding hydrogens is 236 g/mol. The summed E-state index contributed by atoms with van der Waals surface area (Å²) in [5, 5.41) is 8.88. The number of carbonyl (C=O) groups excluding carboxylic acids is 1. The molecule has 1 atom stereocenters. The van der Waals surface area contributed by atoms with E-state index in [4.69, 9.17) is 5.11 Å². The topological polar surface area (TPSA) is 97.7 Å². The van der Waals surface area contributed by atoms with Crippen LogP contribution < -0.4 is 0 Å². The Balaban J connectivity index is 2.67. The molecule has 0 aromatic rings. The number of carboxylic acid groups (broad SMARTS) is 1. The summed E-state index contributed by atoms with van der Waals surface area (Å²) in [5.41, 5.74) is 0. The largest absolute Gasteiger partial charge is 0.478 e. The number of sulfone groups is 1. The highest BCUT2D eigenvalue weighted by molar-refractivity contribution is 7.91. The quantitative estimate of drug-likeness (QED) is 0.698. The summed E-state index contributed by atoms with van der Waals surface area (Å²) < 4.78 is 27.0. The van der Waals surface area contributed by atoms with Gasteiger partial charge in [0.25, 0.3) is 0 Å². The minimum absolute atomic E-state index is 0.0390. The monoisotopic (exact) mass is 250 g/mol. The Morgan fingerprint density at radius 2 is 1.81 bits per heavy atom. The lowest BCUT2D eigenvalue weighted by Gasteiger charge is -2.26. The molecule has 1 fully saturated rings. The van der Waals surface area contributed by atoms with Crippen molar-refractivity contribution < 1.29 is 27.9 Å². The maximum absolute atomic E-state index is 11.2. The molecule has 1 aliphatic rings. The molecule has 1 aliphatic heterocycles. The van der Waals surface area contributed by atoms with Crippen molar-refractivity contribution in [2.75, 3.05) is 11.5 Å². The molecule has 0 bridgehead atoms. The minimum Gasteiger partial charge on any atom is -0.478 e. The van der Waals surface area contributed by atoms with Crippen LogP contribution in [0.4, 0.5) is 0 Å². The molecule has 0 spiro atoms. The van der Waals surface area contributed by atoms with Crippen molar-refractivity contribution in [1.82, 2.24) is 0 Å². The number of ether oxygens (including phenoxy) is 1. The fourth-order valence-electron chi connectivity index (χ4n) is 1.74. The van der Waals surface area contributed by atoms with E-state index < -0.39 is 33.8 Å². The second-order valence-corrected chi connectivity index (χ2v) is 6.16. The van der Waals surface area contributed by atoms with Gasteiger partial charge in [-0.15, -0.1) is 0 Å². The number of carboxylic acids is 1. The standard InChI is InChI=1S/C9H14O6S/c1-6(10)15-8(9(11)12)7-2-4-16(13,14)5-3-7/h7-8H,2-5H2,1H3,(H,11,12). The number of rotatable bonds is 3. The lowest BCUT2D eigenvalue weighted by atomic mass is 9.96. The molecule has 1 saturated heterocycles. The summed E-state index contributed by atoms with van der Waals surface area (Å²) in [6.45, 7) is 1.13. The molecule has 92 valence electrons. The number of aliphatic carboxylic acids is 1. The van der Waals surface area contributed by atoms with Crippen molar-refractivity contribution in [3.05, 3.63) is 0 Å². The third-order valence-electron chi connectivity index (χ3n) is 2.56. The van der Waals surface area contributed by atoms with Gasteiger partial charge in [0.2, 0.25) is 6.10 Å². The summed E-state index contributed by atoms with van der Waals surface area (Å²) in [6.07, 6.45) is -0.771. The predicted molar refractivity (Wildman–Crippen MR) is 54.6 cm³/mol. The van der Waals surface area contributed by atoms with Crippen molar-refractivity contribution in [3.63, 3.8) is 0 Å². The fourth-order valence-corrected chi connectivity index (χ4v) is 3.27. The summed E-state index contributed by atoms with van der Waals surface area (Å²) in [6, 6.07) is 0. The summed E-state index contributed by atoms with van der Waals surface area (Å²) >= 11 is 0. The second kappa shape index (κ2) is 4.82. The third kappa shape index (κ3) is 3.48. The van der Waals surface area contributed by atoms with Crippen molar-refractivity contribution in [3.8, 4) is 0 Å². The maximum Gasteiger partial charge on any atom is 0.345 e. The highest BCUT2D eigenvalue weighted by Gasteiger charge is 2.35.